The van der Waals surface area contributed by atoms with E-state index in [4.69, 9.17) is 4.74 Å². The van der Waals surface area contributed by atoms with E-state index in [0.29, 0.717) is 6.04 Å². The van der Waals surface area contributed by atoms with Gasteiger partial charge in [-0.2, -0.15) is 0 Å². The lowest BCUT2D eigenvalue weighted by Gasteiger charge is -2.30. The second-order valence-corrected chi connectivity index (χ2v) is 4.34. The Balaban J connectivity index is 0.000000921. The SMILES string of the molecule is CC.CCC(C)(C)NCC1COCCN1. The zero-order valence-electron chi connectivity index (χ0n) is 11.0. The minimum absolute atomic E-state index is 0.249. The molecule has 92 valence electrons. The van der Waals surface area contributed by atoms with Gasteiger partial charge in [0.05, 0.1) is 13.2 Å². The van der Waals surface area contributed by atoms with Crippen LogP contribution in [0.4, 0.5) is 0 Å². The van der Waals surface area contributed by atoms with E-state index >= 15 is 0 Å². The summed E-state index contributed by atoms with van der Waals surface area (Å²) in [6.45, 7) is 14.4. The molecule has 3 heteroatoms. The van der Waals surface area contributed by atoms with Gasteiger partial charge in [-0.25, -0.2) is 0 Å². The Morgan fingerprint density at radius 3 is 2.53 bits per heavy atom. The van der Waals surface area contributed by atoms with Crippen molar-refractivity contribution in [2.24, 2.45) is 0 Å². The van der Waals surface area contributed by atoms with Crippen molar-refractivity contribution in [1.29, 1.82) is 0 Å². The molecule has 3 nitrogen and oxygen atoms in total. The second-order valence-electron chi connectivity index (χ2n) is 4.34. The van der Waals surface area contributed by atoms with Gasteiger partial charge in [-0.3, -0.25) is 0 Å². The maximum absolute atomic E-state index is 5.38. The van der Waals surface area contributed by atoms with Crippen LogP contribution in [0.25, 0.3) is 0 Å². The first kappa shape index (κ1) is 14.9. The predicted octanol–water partition coefficient (Wildman–Crippen LogP) is 1.78. The molecule has 1 unspecified atom stereocenters. The van der Waals surface area contributed by atoms with Crippen LogP contribution in [0.3, 0.4) is 0 Å². The summed E-state index contributed by atoms with van der Waals surface area (Å²) in [5.74, 6) is 0. The Hall–Kier alpha value is -0.120. The number of hydrogen-bond acceptors (Lipinski definition) is 3. The van der Waals surface area contributed by atoms with Crippen molar-refractivity contribution >= 4 is 0 Å². The van der Waals surface area contributed by atoms with Gasteiger partial charge in [-0.05, 0) is 20.3 Å². The number of morpholine rings is 1. The van der Waals surface area contributed by atoms with Gasteiger partial charge in [0.2, 0.25) is 0 Å². The minimum Gasteiger partial charge on any atom is -0.378 e. The molecular formula is C12H28N2O. The molecule has 0 saturated carbocycles. The molecule has 0 aliphatic carbocycles. The average molecular weight is 216 g/mol. The van der Waals surface area contributed by atoms with Gasteiger partial charge in [0.15, 0.2) is 0 Å². The monoisotopic (exact) mass is 216 g/mol. The molecule has 0 spiro atoms. The summed E-state index contributed by atoms with van der Waals surface area (Å²) in [5, 5.41) is 6.96. The maximum Gasteiger partial charge on any atom is 0.0632 e. The molecule has 0 aromatic rings. The van der Waals surface area contributed by atoms with Crippen molar-refractivity contribution in [3.8, 4) is 0 Å². The molecule has 0 aromatic heterocycles. The van der Waals surface area contributed by atoms with Crippen molar-refractivity contribution in [2.75, 3.05) is 26.3 Å². The Labute approximate surface area is 95.0 Å². The van der Waals surface area contributed by atoms with Crippen LogP contribution in [0.1, 0.15) is 41.0 Å². The number of nitrogens with one attached hydrogen (secondary N) is 2. The molecule has 15 heavy (non-hydrogen) atoms. The summed E-state index contributed by atoms with van der Waals surface area (Å²) in [7, 11) is 0. The Kier molecular flexibility index (Phi) is 8.02. The van der Waals surface area contributed by atoms with E-state index in [1.54, 1.807) is 0 Å². The van der Waals surface area contributed by atoms with Crippen LogP contribution in [-0.2, 0) is 4.74 Å². The van der Waals surface area contributed by atoms with E-state index < -0.39 is 0 Å². The van der Waals surface area contributed by atoms with Crippen molar-refractivity contribution in [1.82, 2.24) is 10.6 Å². The van der Waals surface area contributed by atoms with Crippen LogP contribution in [-0.4, -0.2) is 37.9 Å². The van der Waals surface area contributed by atoms with Crippen molar-refractivity contribution in [2.45, 2.75) is 52.6 Å². The summed E-state index contributed by atoms with van der Waals surface area (Å²) in [6, 6.07) is 0.486. The minimum atomic E-state index is 0.249. The highest BCUT2D eigenvalue weighted by Crippen LogP contribution is 2.06. The first-order chi connectivity index (χ1) is 7.14. The largest absolute Gasteiger partial charge is 0.378 e. The first-order valence-electron chi connectivity index (χ1n) is 6.20. The van der Waals surface area contributed by atoms with E-state index in [0.717, 1.165) is 32.7 Å². The average Bonchev–Trinajstić information content (AvgIpc) is 2.31. The first-order valence-corrected chi connectivity index (χ1v) is 6.20. The van der Waals surface area contributed by atoms with Crippen LogP contribution in [0, 0.1) is 0 Å². The third-order valence-electron chi connectivity index (χ3n) is 2.71. The summed E-state index contributed by atoms with van der Waals surface area (Å²) in [5.41, 5.74) is 0.249. The lowest BCUT2D eigenvalue weighted by molar-refractivity contribution is 0.0742. The highest BCUT2D eigenvalue weighted by atomic mass is 16.5. The van der Waals surface area contributed by atoms with E-state index in [1.165, 1.54) is 0 Å². The predicted molar refractivity (Wildman–Crippen MR) is 66.3 cm³/mol. The summed E-state index contributed by atoms with van der Waals surface area (Å²) < 4.78 is 5.38. The van der Waals surface area contributed by atoms with Gasteiger partial charge in [0, 0.05) is 24.7 Å². The Morgan fingerprint density at radius 2 is 2.07 bits per heavy atom. The summed E-state index contributed by atoms with van der Waals surface area (Å²) in [6.07, 6.45) is 1.15. The zero-order valence-corrected chi connectivity index (χ0v) is 11.0. The van der Waals surface area contributed by atoms with Gasteiger partial charge >= 0.3 is 0 Å². The molecular weight excluding hydrogens is 188 g/mol. The van der Waals surface area contributed by atoms with E-state index in [9.17, 15) is 0 Å². The van der Waals surface area contributed by atoms with Crippen LogP contribution in [0.5, 0.6) is 0 Å². The van der Waals surface area contributed by atoms with Gasteiger partial charge in [-0.1, -0.05) is 20.8 Å². The fourth-order valence-electron chi connectivity index (χ4n) is 1.28. The number of hydrogen-bond donors (Lipinski definition) is 2. The molecule has 1 aliphatic rings. The number of ether oxygens (including phenoxy) is 1. The smallest absolute Gasteiger partial charge is 0.0632 e. The lowest BCUT2D eigenvalue weighted by atomic mass is 10.0. The maximum atomic E-state index is 5.38. The van der Waals surface area contributed by atoms with Crippen molar-refractivity contribution in [3.63, 3.8) is 0 Å². The summed E-state index contributed by atoms with van der Waals surface area (Å²) >= 11 is 0. The Morgan fingerprint density at radius 1 is 1.40 bits per heavy atom. The van der Waals surface area contributed by atoms with Gasteiger partial charge in [0.25, 0.3) is 0 Å². The van der Waals surface area contributed by atoms with E-state index in [2.05, 4.69) is 31.4 Å². The fourth-order valence-corrected chi connectivity index (χ4v) is 1.28. The second kappa shape index (κ2) is 8.08. The fraction of sp³-hybridized carbons (Fsp3) is 1.00. The highest BCUT2D eigenvalue weighted by Gasteiger charge is 2.18. The molecule has 1 fully saturated rings. The normalized spacial score (nSPS) is 21.8. The van der Waals surface area contributed by atoms with E-state index in [1.807, 2.05) is 13.8 Å². The topological polar surface area (TPSA) is 33.3 Å². The standard InChI is InChI=1S/C10H22N2O.C2H6/c1-4-10(2,3)12-7-9-8-13-6-5-11-9;1-2/h9,11-12H,4-8H2,1-3H3;1-2H3. The highest BCUT2D eigenvalue weighted by molar-refractivity contribution is 4.80. The number of rotatable bonds is 4. The molecule has 1 rings (SSSR count). The zero-order chi connectivity index (χ0) is 11.7. The van der Waals surface area contributed by atoms with Gasteiger partial charge in [0.1, 0.15) is 0 Å². The molecule has 1 aliphatic heterocycles. The van der Waals surface area contributed by atoms with Crippen molar-refractivity contribution < 1.29 is 4.74 Å². The Bertz CT molecular complexity index is 143. The van der Waals surface area contributed by atoms with Gasteiger partial charge in [-0.15, -0.1) is 0 Å². The molecule has 0 bridgehead atoms. The third-order valence-corrected chi connectivity index (χ3v) is 2.71. The molecule has 1 atom stereocenters. The molecule has 0 aromatic carbocycles. The van der Waals surface area contributed by atoms with Gasteiger partial charge < -0.3 is 15.4 Å². The van der Waals surface area contributed by atoms with E-state index in [-0.39, 0.29) is 5.54 Å². The molecule has 1 saturated heterocycles. The van der Waals surface area contributed by atoms with Crippen LogP contribution in [0.2, 0.25) is 0 Å². The quantitative estimate of drug-likeness (QED) is 0.751. The third kappa shape index (κ3) is 6.88. The molecule has 0 amide bonds. The van der Waals surface area contributed by atoms with Crippen LogP contribution in [0.15, 0.2) is 0 Å². The molecule has 2 N–H and O–H groups in total. The molecule has 1 heterocycles. The van der Waals surface area contributed by atoms with Crippen LogP contribution >= 0.6 is 0 Å². The summed E-state index contributed by atoms with van der Waals surface area (Å²) in [4.78, 5) is 0. The lowest BCUT2D eigenvalue weighted by Crippen LogP contribution is -2.51. The van der Waals surface area contributed by atoms with Crippen molar-refractivity contribution in [3.05, 3.63) is 0 Å². The molecule has 0 radical (unpaired) electrons. The van der Waals surface area contributed by atoms with Crippen LogP contribution < -0.4 is 10.6 Å².